The van der Waals surface area contributed by atoms with Gasteiger partial charge in [-0.2, -0.15) is 0 Å². The van der Waals surface area contributed by atoms with E-state index in [1.165, 1.54) is 23.1 Å². The third-order valence-electron chi connectivity index (χ3n) is 3.41. The van der Waals surface area contributed by atoms with E-state index in [2.05, 4.69) is 15.5 Å². The highest BCUT2D eigenvalue weighted by molar-refractivity contribution is 6.06. The topological polar surface area (TPSA) is 63.9 Å². The molecule has 0 fully saturated rings. The van der Waals surface area contributed by atoms with Crippen molar-refractivity contribution in [2.24, 2.45) is 0 Å². The Morgan fingerprint density at radius 2 is 2.00 bits per heavy atom. The summed E-state index contributed by atoms with van der Waals surface area (Å²) in [5.41, 5.74) is 1.84. The van der Waals surface area contributed by atoms with Crippen LogP contribution in [0.5, 0.6) is 0 Å². The molecular weight excluding hydrogens is 297 g/mol. The number of nitrogens with zero attached hydrogens (tertiary/aromatic N) is 5. The molecule has 7 heteroatoms. The van der Waals surface area contributed by atoms with E-state index in [-0.39, 0.29) is 11.7 Å². The summed E-state index contributed by atoms with van der Waals surface area (Å²) >= 11 is 0. The molecule has 0 atom stereocenters. The lowest BCUT2D eigenvalue weighted by Crippen LogP contribution is -2.30. The van der Waals surface area contributed by atoms with Crippen LogP contribution in [0.15, 0.2) is 54.9 Å². The van der Waals surface area contributed by atoms with E-state index in [1.54, 1.807) is 41.3 Å². The first kappa shape index (κ1) is 14.8. The van der Waals surface area contributed by atoms with Crippen LogP contribution < -0.4 is 4.90 Å². The van der Waals surface area contributed by atoms with Crippen LogP contribution in [0.2, 0.25) is 0 Å². The molecule has 116 valence electrons. The standard InChI is InChI=1S/C16H14FN5O/c1-2-21(14-8-6-13(17)7-9-14)16(23)12-4-3-5-15(10-12)22-11-18-19-20-22/h3-11H,2H2,1H3. The van der Waals surface area contributed by atoms with Gasteiger partial charge in [-0.3, -0.25) is 4.79 Å². The maximum Gasteiger partial charge on any atom is 0.258 e. The monoisotopic (exact) mass is 311 g/mol. The van der Waals surface area contributed by atoms with Crippen LogP contribution in [0.1, 0.15) is 17.3 Å². The molecule has 3 aromatic rings. The van der Waals surface area contributed by atoms with E-state index >= 15 is 0 Å². The molecule has 1 heterocycles. The molecular formula is C16H14FN5O. The zero-order chi connectivity index (χ0) is 16.2. The molecule has 0 saturated carbocycles. The van der Waals surface area contributed by atoms with E-state index in [9.17, 15) is 9.18 Å². The van der Waals surface area contributed by atoms with Crippen LogP contribution in [0.3, 0.4) is 0 Å². The van der Waals surface area contributed by atoms with Gasteiger partial charge in [-0.1, -0.05) is 6.07 Å². The van der Waals surface area contributed by atoms with Crippen molar-refractivity contribution < 1.29 is 9.18 Å². The Morgan fingerprint density at radius 1 is 1.22 bits per heavy atom. The predicted molar refractivity (Wildman–Crippen MR) is 82.9 cm³/mol. The number of hydrogen-bond donors (Lipinski definition) is 0. The lowest BCUT2D eigenvalue weighted by molar-refractivity contribution is 0.0988. The molecule has 2 aromatic carbocycles. The fourth-order valence-electron chi connectivity index (χ4n) is 2.28. The van der Waals surface area contributed by atoms with Crippen LogP contribution in [0.4, 0.5) is 10.1 Å². The Labute approximate surface area is 132 Å². The quantitative estimate of drug-likeness (QED) is 0.742. The van der Waals surface area contributed by atoms with E-state index < -0.39 is 0 Å². The molecule has 0 unspecified atom stereocenters. The van der Waals surface area contributed by atoms with Gasteiger partial charge >= 0.3 is 0 Å². The second-order valence-electron chi connectivity index (χ2n) is 4.83. The molecule has 0 bridgehead atoms. The fraction of sp³-hybridized carbons (Fsp3) is 0.125. The highest BCUT2D eigenvalue weighted by Crippen LogP contribution is 2.19. The Hall–Kier alpha value is -3.09. The number of benzene rings is 2. The van der Waals surface area contributed by atoms with Gasteiger partial charge in [-0.05, 0) is 59.8 Å². The van der Waals surface area contributed by atoms with E-state index in [1.807, 2.05) is 6.92 Å². The predicted octanol–water partition coefficient (Wildman–Crippen LogP) is 2.47. The van der Waals surface area contributed by atoms with Crippen molar-refractivity contribution in [1.29, 1.82) is 0 Å². The number of anilines is 1. The number of halogens is 1. The Bertz CT molecular complexity index is 802. The first-order chi connectivity index (χ1) is 11.2. The second-order valence-corrected chi connectivity index (χ2v) is 4.83. The number of tetrazole rings is 1. The first-order valence-corrected chi connectivity index (χ1v) is 7.10. The molecule has 1 aromatic heterocycles. The maximum atomic E-state index is 13.1. The molecule has 1 amide bonds. The van der Waals surface area contributed by atoms with Crippen molar-refractivity contribution in [2.75, 3.05) is 11.4 Å². The second kappa shape index (κ2) is 6.35. The van der Waals surface area contributed by atoms with Crippen LogP contribution >= 0.6 is 0 Å². The van der Waals surface area contributed by atoms with Crippen molar-refractivity contribution >= 4 is 11.6 Å². The highest BCUT2D eigenvalue weighted by Gasteiger charge is 2.16. The number of aromatic nitrogens is 4. The van der Waals surface area contributed by atoms with E-state index in [0.29, 0.717) is 23.5 Å². The fourth-order valence-corrected chi connectivity index (χ4v) is 2.28. The van der Waals surface area contributed by atoms with Crippen LogP contribution in [-0.2, 0) is 0 Å². The molecule has 0 radical (unpaired) electrons. The minimum absolute atomic E-state index is 0.172. The number of amides is 1. The molecule has 0 saturated heterocycles. The summed E-state index contributed by atoms with van der Waals surface area (Å²) in [5, 5.41) is 11.0. The summed E-state index contributed by atoms with van der Waals surface area (Å²) in [6.07, 6.45) is 1.46. The molecule has 0 N–H and O–H groups in total. The summed E-state index contributed by atoms with van der Waals surface area (Å²) in [6, 6.07) is 12.9. The van der Waals surface area contributed by atoms with Crippen LogP contribution in [-0.4, -0.2) is 32.7 Å². The third kappa shape index (κ3) is 3.08. The van der Waals surface area contributed by atoms with E-state index in [0.717, 1.165) is 0 Å². The molecule has 6 nitrogen and oxygen atoms in total. The van der Waals surface area contributed by atoms with Crippen molar-refractivity contribution in [2.45, 2.75) is 6.92 Å². The van der Waals surface area contributed by atoms with Gasteiger partial charge in [-0.15, -0.1) is 5.10 Å². The van der Waals surface area contributed by atoms with Crippen molar-refractivity contribution in [1.82, 2.24) is 20.2 Å². The SMILES string of the molecule is CCN(C(=O)c1cccc(-n2cnnn2)c1)c1ccc(F)cc1. The average Bonchev–Trinajstić information content (AvgIpc) is 3.12. The number of rotatable bonds is 4. The molecule has 0 aliphatic carbocycles. The van der Waals surface area contributed by atoms with Gasteiger partial charge in [0.1, 0.15) is 12.1 Å². The molecule has 0 spiro atoms. The number of carbonyl (C=O) groups excluding carboxylic acids is 1. The lowest BCUT2D eigenvalue weighted by atomic mass is 10.1. The van der Waals surface area contributed by atoms with Gasteiger partial charge < -0.3 is 4.90 Å². The van der Waals surface area contributed by atoms with Crippen molar-refractivity contribution in [3.63, 3.8) is 0 Å². The average molecular weight is 311 g/mol. The first-order valence-electron chi connectivity index (χ1n) is 7.10. The maximum absolute atomic E-state index is 13.1. The minimum atomic E-state index is -0.335. The summed E-state index contributed by atoms with van der Waals surface area (Å²) in [6.45, 7) is 2.34. The van der Waals surface area contributed by atoms with Gasteiger partial charge in [-0.25, -0.2) is 9.07 Å². The number of carbonyl (C=O) groups is 1. The summed E-state index contributed by atoms with van der Waals surface area (Å²) in [7, 11) is 0. The van der Waals surface area contributed by atoms with Gasteiger partial charge in [0.25, 0.3) is 5.91 Å². The van der Waals surface area contributed by atoms with E-state index in [4.69, 9.17) is 0 Å². The molecule has 0 aliphatic heterocycles. The Morgan fingerprint density at radius 3 is 2.65 bits per heavy atom. The zero-order valence-electron chi connectivity index (χ0n) is 12.4. The highest BCUT2D eigenvalue weighted by atomic mass is 19.1. The van der Waals surface area contributed by atoms with Crippen LogP contribution in [0.25, 0.3) is 5.69 Å². The lowest BCUT2D eigenvalue weighted by Gasteiger charge is -2.21. The van der Waals surface area contributed by atoms with Crippen molar-refractivity contribution in [3.05, 3.63) is 66.2 Å². The Balaban J connectivity index is 1.92. The zero-order valence-corrected chi connectivity index (χ0v) is 12.4. The van der Waals surface area contributed by atoms with Crippen LogP contribution in [0, 0.1) is 5.82 Å². The minimum Gasteiger partial charge on any atom is -0.309 e. The molecule has 0 aliphatic rings. The normalized spacial score (nSPS) is 10.5. The Kier molecular flexibility index (Phi) is 4.09. The summed E-state index contributed by atoms with van der Waals surface area (Å²) in [4.78, 5) is 14.3. The van der Waals surface area contributed by atoms with Gasteiger partial charge in [0.15, 0.2) is 0 Å². The largest absolute Gasteiger partial charge is 0.309 e. The number of hydrogen-bond acceptors (Lipinski definition) is 4. The van der Waals surface area contributed by atoms with Gasteiger partial charge in [0.2, 0.25) is 0 Å². The van der Waals surface area contributed by atoms with Gasteiger partial charge in [0, 0.05) is 17.8 Å². The summed E-state index contributed by atoms with van der Waals surface area (Å²) < 4.78 is 14.5. The molecule has 3 rings (SSSR count). The molecule has 23 heavy (non-hydrogen) atoms. The summed E-state index contributed by atoms with van der Waals surface area (Å²) in [5.74, 6) is -0.507. The van der Waals surface area contributed by atoms with Gasteiger partial charge in [0.05, 0.1) is 5.69 Å². The smallest absolute Gasteiger partial charge is 0.258 e. The third-order valence-corrected chi connectivity index (χ3v) is 3.41. The van der Waals surface area contributed by atoms with Crippen molar-refractivity contribution in [3.8, 4) is 5.69 Å².